The minimum absolute atomic E-state index is 0.0167. The lowest BCUT2D eigenvalue weighted by atomic mass is 10.0. The van der Waals surface area contributed by atoms with Crippen LogP contribution in [-0.2, 0) is 0 Å². The molecule has 0 amide bonds. The van der Waals surface area contributed by atoms with Crippen LogP contribution in [0.2, 0.25) is 0 Å². The summed E-state index contributed by atoms with van der Waals surface area (Å²) in [5.41, 5.74) is 9.56. The first kappa shape index (κ1) is 32.1. The smallest absolute Gasteiger partial charge is 0.140 e. The van der Waals surface area contributed by atoms with Crippen molar-refractivity contribution in [2.75, 3.05) is 0 Å². The van der Waals surface area contributed by atoms with Crippen LogP contribution in [0.25, 0.3) is 121 Å². The number of hydrogen-bond donors (Lipinski definition) is 0. The molecule has 64 heavy (non-hydrogen) atoms. The van der Waals surface area contributed by atoms with Gasteiger partial charge in [0.25, 0.3) is 0 Å². The van der Waals surface area contributed by atoms with Gasteiger partial charge in [0.2, 0.25) is 0 Å². The zero-order valence-electron chi connectivity index (χ0n) is 37.4. The number of rotatable bonds is 5. The minimum Gasteiger partial charge on any atom is -0.309 e. The van der Waals surface area contributed by atoms with E-state index in [9.17, 15) is 4.11 Å². The summed E-state index contributed by atoms with van der Waals surface area (Å²) in [5.74, 6) is 1.33. The molecule has 0 N–H and O–H groups in total. The van der Waals surface area contributed by atoms with Gasteiger partial charge in [0.15, 0.2) is 0 Å². The Hall–Kier alpha value is -8.67. The molecule has 0 radical (unpaired) electrons. The van der Waals surface area contributed by atoms with Gasteiger partial charge in [0, 0.05) is 54.3 Å². The SMILES string of the molecule is [2H]c1c([2H])c(-n2c3ccccc3c3ccccc32)c(-c2cc(-n3c4ccccc4c4ccccc43)nc(-n3c4ccccc4c4ccccc43)c2)c([2H])c1-n1c2ccccc2c2ccccc21. The van der Waals surface area contributed by atoms with E-state index >= 15 is 0 Å². The van der Waals surface area contributed by atoms with Crippen LogP contribution < -0.4 is 0 Å². The van der Waals surface area contributed by atoms with Crippen molar-refractivity contribution in [2.45, 2.75) is 0 Å². The van der Waals surface area contributed by atoms with E-state index in [1.165, 1.54) is 0 Å². The van der Waals surface area contributed by atoms with Crippen molar-refractivity contribution in [3.8, 4) is 34.1 Å². The molecule has 5 heterocycles. The summed E-state index contributed by atoms with van der Waals surface area (Å²) in [6.07, 6.45) is 0. The molecule has 0 aliphatic heterocycles. The molecule has 0 saturated heterocycles. The van der Waals surface area contributed by atoms with E-state index in [0.717, 1.165) is 87.2 Å². The maximum absolute atomic E-state index is 10.8. The van der Waals surface area contributed by atoms with Gasteiger partial charge >= 0.3 is 0 Å². The topological polar surface area (TPSA) is 32.6 Å². The molecule has 14 aromatic rings. The molecule has 14 rings (SSSR count). The van der Waals surface area contributed by atoms with Gasteiger partial charge in [-0.05, 0) is 84.4 Å². The second kappa shape index (κ2) is 13.4. The Morgan fingerprint density at radius 1 is 0.312 bits per heavy atom. The van der Waals surface area contributed by atoms with E-state index < -0.39 is 0 Å². The third-order valence-electron chi connectivity index (χ3n) is 13.1. The molecule has 0 unspecified atom stereocenters. The summed E-state index contributed by atoms with van der Waals surface area (Å²) < 4.78 is 39.8. The highest BCUT2D eigenvalue weighted by molar-refractivity contribution is 6.13. The van der Waals surface area contributed by atoms with E-state index in [4.69, 9.17) is 4.98 Å². The number of pyridine rings is 1. The van der Waals surface area contributed by atoms with E-state index in [1.807, 2.05) is 65.2 Å². The van der Waals surface area contributed by atoms with Crippen molar-refractivity contribution in [3.63, 3.8) is 0 Å². The van der Waals surface area contributed by atoms with Crippen molar-refractivity contribution in [1.82, 2.24) is 23.3 Å². The molecular formula is C59H37N5. The van der Waals surface area contributed by atoms with Crippen LogP contribution >= 0.6 is 0 Å². The molecule has 5 aromatic heterocycles. The quantitative estimate of drug-likeness (QED) is 0.170. The highest BCUT2D eigenvalue weighted by Crippen LogP contribution is 2.42. The molecule has 0 spiro atoms. The van der Waals surface area contributed by atoms with Gasteiger partial charge in [-0.3, -0.25) is 9.13 Å². The standard InChI is InChI=1S/C59H37N5/c1-9-25-49-40(17-1)41-18-2-10-26-50(41)61(49)39-33-34-57(62-51-27-11-3-19-42(51)43-20-4-12-28-52(43)62)48(37-39)38-35-58(63-53-29-13-5-21-44(53)45-22-6-14-30-54(45)63)60-59(36-38)64-55-31-15-7-23-46(55)47-24-8-16-32-56(47)64/h1-37H/i33D,34D,37D. The summed E-state index contributed by atoms with van der Waals surface area (Å²) >= 11 is 0. The maximum Gasteiger partial charge on any atom is 0.140 e. The normalized spacial score (nSPS) is 12.7. The third-order valence-corrected chi connectivity index (χ3v) is 13.1. The zero-order chi connectivity index (χ0) is 44.5. The van der Waals surface area contributed by atoms with Gasteiger partial charge in [-0.1, -0.05) is 146 Å². The summed E-state index contributed by atoms with van der Waals surface area (Å²) in [5, 5.41) is 8.52. The number of nitrogens with zero attached hydrogens (tertiary/aromatic N) is 5. The van der Waals surface area contributed by atoms with Crippen molar-refractivity contribution in [3.05, 3.63) is 224 Å². The summed E-state index contributed by atoms with van der Waals surface area (Å²) in [7, 11) is 0. The predicted molar refractivity (Wildman–Crippen MR) is 267 cm³/mol. The Bertz CT molecular complexity index is 4050. The minimum atomic E-state index is -0.0311. The van der Waals surface area contributed by atoms with E-state index in [1.54, 1.807) is 0 Å². The summed E-state index contributed by atoms with van der Waals surface area (Å²) in [4.78, 5) is 5.63. The Balaban J connectivity index is 1.19. The van der Waals surface area contributed by atoms with Crippen LogP contribution in [0.1, 0.15) is 4.11 Å². The molecule has 9 aromatic carbocycles. The zero-order valence-corrected chi connectivity index (χ0v) is 34.4. The number of para-hydroxylation sites is 8. The van der Waals surface area contributed by atoms with Crippen LogP contribution in [0, 0.1) is 0 Å². The van der Waals surface area contributed by atoms with Crippen LogP contribution in [0.15, 0.2) is 224 Å². The van der Waals surface area contributed by atoms with Gasteiger partial charge in [-0.15, -0.1) is 0 Å². The highest BCUT2D eigenvalue weighted by atomic mass is 15.1. The van der Waals surface area contributed by atoms with Crippen LogP contribution in [0.3, 0.4) is 0 Å². The van der Waals surface area contributed by atoms with Crippen molar-refractivity contribution in [2.24, 2.45) is 0 Å². The Morgan fingerprint density at radius 2 is 0.594 bits per heavy atom. The summed E-state index contributed by atoms with van der Waals surface area (Å²) in [6.45, 7) is 0. The fourth-order valence-corrected chi connectivity index (χ4v) is 10.4. The molecule has 0 saturated carbocycles. The van der Waals surface area contributed by atoms with Gasteiger partial charge in [0.1, 0.15) is 11.6 Å². The lowest BCUT2D eigenvalue weighted by Gasteiger charge is -2.19. The van der Waals surface area contributed by atoms with Gasteiger partial charge in [-0.2, -0.15) is 0 Å². The average Bonchev–Trinajstić information content (AvgIpc) is 4.11. The third kappa shape index (κ3) is 4.92. The molecule has 5 nitrogen and oxygen atoms in total. The summed E-state index contributed by atoms with van der Waals surface area (Å²) in [6, 6.07) is 70.9. The van der Waals surface area contributed by atoms with Crippen molar-refractivity contribution < 1.29 is 4.11 Å². The van der Waals surface area contributed by atoms with E-state index in [2.05, 4.69) is 159 Å². The van der Waals surface area contributed by atoms with Gasteiger partial charge in [0.05, 0.1) is 53.9 Å². The first-order chi connectivity index (χ1) is 33.0. The van der Waals surface area contributed by atoms with E-state index in [0.29, 0.717) is 34.1 Å². The lowest BCUT2D eigenvalue weighted by molar-refractivity contribution is 1.01. The first-order valence-electron chi connectivity index (χ1n) is 23.2. The number of hydrogen-bond acceptors (Lipinski definition) is 1. The van der Waals surface area contributed by atoms with Gasteiger partial charge < -0.3 is 9.13 Å². The fourth-order valence-electron chi connectivity index (χ4n) is 10.4. The number of aromatic nitrogens is 5. The molecule has 0 atom stereocenters. The van der Waals surface area contributed by atoms with Gasteiger partial charge in [-0.25, -0.2) is 4.98 Å². The number of fused-ring (bicyclic) bond motifs is 12. The molecular weight excluding hydrogens is 779 g/mol. The number of benzene rings is 9. The van der Waals surface area contributed by atoms with Crippen molar-refractivity contribution >= 4 is 87.2 Å². The van der Waals surface area contributed by atoms with E-state index in [-0.39, 0.29) is 18.1 Å². The van der Waals surface area contributed by atoms with Crippen molar-refractivity contribution in [1.29, 1.82) is 0 Å². The molecule has 0 fully saturated rings. The molecule has 0 bridgehead atoms. The average molecular weight is 819 g/mol. The second-order valence-corrected chi connectivity index (χ2v) is 16.5. The highest BCUT2D eigenvalue weighted by Gasteiger charge is 2.22. The second-order valence-electron chi connectivity index (χ2n) is 16.5. The fraction of sp³-hybridized carbons (Fsp3) is 0. The molecule has 0 aliphatic carbocycles. The van der Waals surface area contributed by atoms with Crippen LogP contribution in [0.4, 0.5) is 0 Å². The maximum atomic E-state index is 10.8. The predicted octanol–water partition coefficient (Wildman–Crippen LogP) is 15.1. The largest absolute Gasteiger partial charge is 0.309 e. The van der Waals surface area contributed by atoms with Crippen LogP contribution in [-0.4, -0.2) is 23.3 Å². The molecule has 5 heteroatoms. The lowest BCUT2D eigenvalue weighted by Crippen LogP contribution is -2.06. The Morgan fingerprint density at radius 3 is 0.922 bits per heavy atom. The Kier molecular flexibility index (Phi) is 6.73. The Labute approximate surface area is 371 Å². The molecule has 298 valence electrons. The van der Waals surface area contributed by atoms with Crippen LogP contribution in [0.5, 0.6) is 0 Å². The monoisotopic (exact) mass is 818 g/mol. The molecule has 0 aliphatic rings. The first-order valence-corrected chi connectivity index (χ1v) is 21.7.